The van der Waals surface area contributed by atoms with Gasteiger partial charge in [0.2, 0.25) is 0 Å². The van der Waals surface area contributed by atoms with Crippen LogP contribution in [0.1, 0.15) is 11.3 Å². The largest absolute Gasteiger partial charge is 0.434 e. The van der Waals surface area contributed by atoms with E-state index in [0.717, 1.165) is 23.4 Å². The van der Waals surface area contributed by atoms with Crippen molar-refractivity contribution >= 4 is 12.2 Å². The summed E-state index contributed by atoms with van der Waals surface area (Å²) in [7, 11) is 0. The van der Waals surface area contributed by atoms with Gasteiger partial charge in [-0.15, -0.1) is 0 Å². The minimum Gasteiger partial charge on any atom is -0.434 e. The molecule has 0 saturated heterocycles. The molecule has 0 aliphatic heterocycles. The quantitative estimate of drug-likeness (QED) is 0.703. The van der Waals surface area contributed by atoms with E-state index >= 15 is 0 Å². The van der Waals surface area contributed by atoms with Gasteiger partial charge in [-0.25, -0.2) is 0 Å². The van der Waals surface area contributed by atoms with Gasteiger partial charge in [-0.2, -0.15) is 0 Å². The molecule has 0 aliphatic carbocycles. The van der Waals surface area contributed by atoms with Crippen LogP contribution < -0.4 is 0 Å². The number of oxazole rings is 1. The van der Waals surface area contributed by atoms with Crippen molar-refractivity contribution in [3.8, 4) is 11.3 Å². The van der Waals surface area contributed by atoms with Gasteiger partial charge in [0.05, 0.1) is 5.69 Å². The molecular weight excluding hydrogens is 254 g/mol. The second-order valence-corrected chi connectivity index (χ2v) is 4.71. The molecule has 2 nitrogen and oxygen atoms in total. The van der Waals surface area contributed by atoms with Gasteiger partial charge in [-0.1, -0.05) is 60.7 Å². The third kappa shape index (κ3) is 2.66. The molecule has 19 heavy (non-hydrogen) atoms. The predicted molar refractivity (Wildman–Crippen MR) is 78.6 cm³/mol. The van der Waals surface area contributed by atoms with Crippen LogP contribution in [0.4, 0.5) is 0 Å². The van der Waals surface area contributed by atoms with Crippen molar-refractivity contribution in [3.63, 3.8) is 0 Å². The van der Waals surface area contributed by atoms with Crippen LogP contribution in [0.3, 0.4) is 0 Å². The summed E-state index contributed by atoms with van der Waals surface area (Å²) in [6.45, 7) is 0. The van der Waals surface area contributed by atoms with Gasteiger partial charge in [-0.3, -0.25) is 0 Å². The molecule has 0 spiro atoms. The minimum atomic E-state index is 0.421. The Morgan fingerprint density at radius 2 is 1.53 bits per heavy atom. The lowest BCUT2D eigenvalue weighted by molar-refractivity contribution is 0.500. The van der Waals surface area contributed by atoms with Crippen molar-refractivity contribution in [1.29, 1.82) is 0 Å². The third-order valence-corrected chi connectivity index (χ3v) is 3.18. The van der Waals surface area contributed by atoms with E-state index in [4.69, 9.17) is 16.6 Å². The van der Waals surface area contributed by atoms with Crippen molar-refractivity contribution in [2.24, 2.45) is 0 Å². The topological polar surface area (TPSA) is 28.9 Å². The number of hydrogen-bond donors (Lipinski definition) is 1. The lowest BCUT2D eigenvalue weighted by atomic mass is 10.1. The number of aromatic amines is 1. The van der Waals surface area contributed by atoms with Crippen molar-refractivity contribution in [2.75, 3.05) is 0 Å². The van der Waals surface area contributed by atoms with E-state index in [9.17, 15) is 0 Å². The summed E-state index contributed by atoms with van der Waals surface area (Å²) < 4.78 is 5.63. The van der Waals surface area contributed by atoms with E-state index in [0.29, 0.717) is 4.84 Å². The molecule has 0 fully saturated rings. The summed E-state index contributed by atoms with van der Waals surface area (Å²) in [5.41, 5.74) is 3.26. The van der Waals surface area contributed by atoms with Gasteiger partial charge in [0, 0.05) is 12.0 Å². The number of rotatable bonds is 3. The highest BCUT2D eigenvalue weighted by molar-refractivity contribution is 7.71. The number of nitrogens with one attached hydrogen (secondary N) is 1. The van der Waals surface area contributed by atoms with Crippen LogP contribution in [0.5, 0.6) is 0 Å². The van der Waals surface area contributed by atoms with Crippen molar-refractivity contribution in [3.05, 3.63) is 76.8 Å². The van der Waals surface area contributed by atoms with Gasteiger partial charge < -0.3 is 9.40 Å². The number of benzene rings is 2. The molecule has 0 amide bonds. The molecule has 1 aromatic heterocycles. The molecule has 3 heteroatoms. The molecule has 0 aliphatic rings. The van der Waals surface area contributed by atoms with Crippen LogP contribution in [-0.2, 0) is 6.42 Å². The average Bonchev–Trinajstić information content (AvgIpc) is 2.82. The second kappa shape index (κ2) is 5.24. The van der Waals surface area contributed by atoms with Gasteiger partial charge in [-0.05, 0) is 17.8 Å². The maximum Gasteiger partial charge on any atom is 0.266 e. The lowest BCUT2D eigenvalue weighted by Gasteiger charge is -2.02. The molecule has 0 bridgehead atoms. The molecule has 0 atom stereocenters. The van der Waals surface area contributed by atoms with Crippen molar-refractivity contribution < 1.29 is 4.42 Å². The molecule has 0 radical (unpaired) electrons. The van der Waals surface area contributed by atoms with Gasteiger partial charge in [0.15, 0.2) is 0 Å². The smallest absolute Gasteiger partial charge is 0.266 e. The number of H-pyrrole nitrogens is 1. The van der Waals surface area contributed by atoms with E-state index in [1.165, 1.54) is 5.56 Å². The highest BCUT2D eigenvalue weighted by Crippen LogP contribution is 2.24. The summed E-state index contributed by atoms with van der Waals surface area (Å²) in [5.74, 6) is 0.877. The Kier molecular flexibility index (Phi) is 3.29. The first-order valence-electron chi connectivity index (χ1n) is 6.14. The molecule has 2 aromatic carbocycles. The Morgan fingerprint density at radius 1 is 0.895 bits per heavy atom. The highest BCUT2D eigenvalue weighted by atomic mass is 32.1. The Bertz CT molecular complexity index is 713. The summed E-state index contributed by atoms with van der Waals surface area (Å²) >= 11 is 5.11. The first kappa shape index (κ1) is 11.9. The molecule has 3 aromatic rings. The molecule has 94 valence electrons. The summed E-state index contributed by atoms with van der Waals surface area (Å²) in [5, 5.41) is 0. The van der Waals surface area contributed by atoms with Crippen molar-refractivity contribution in [1.82, 2.24) is 4.98 Å². The lowest BCUT2D eigenvalue weighted by Crippen LogP contribution is -1.89. The molecule has 3 rings (SSSR count). The van der Waals surface area contributed by atoms with Gasteiger partial charge >= 0.3 is 0 Å². The van der Waals surface area contributed by atoms with Crippen LogP contribution in [0, 0.1) is 4.84 Å². The van der Waals surface area contributed by atoms with Gasteiger partial charge in [0.1, 0.15) is 5.76 Å². The monoisotopic (exact) mass is 267 g/mol. The van der Waals surface area contributed by atoms with Gasteiger partial charge in [0.25, 0.3) is 4.84 Å². The van der Waals surface area contributed by atoms with Crippen LogP contribution in [0.15, 0.2) is 65.1 Å². The molecule has 1 heterocycles. The maximum absolute atomic E-state index is 5.63. The fraction of sp³-hybridized carbons (Fsp3) is 0.0625. The first-order chi connectivity index (χ1) is 9.33. The normalized spacial score (nSPS) is 10.5. The summed E-state index contributed by atoms with van der Waals surface area (Å²) in [4.78, 5) is 3.55. The number of aromatic nitrogens is 1. The predicted octanol–water partition coefficient (Wildman–Crippen LogP) is 4.59. The second-order valence-electron chi connectivity index (χ2n) is 4.34. The van der Waals surface area contributed by atoms with Crippen molar-refractivity contribution in [2.45, 2.75) is 6.42 Å². The van der Waals surface area contributed by atoms with E-state index in [1.54, 1.807) is 0 Å². The van der Waals surface area contributed by atoms with Crippen LogP contribution in [0.2, 0.25) is 0 Å². The molecule has 0 saturated carbocycles. The highest BCUT2D eigenvalue weighted by Gasteiger charge is 2.10. The number of hydrogen-bond acceptors (Lipinski definition) is 2. The zero-order valence-corrected chi connectivity index (χ0v) is 11.1. The average molecular weight is 267 g/mol. The van der Waals surface area contributed by atoms with Crippen LogP contribution >= 0.6 is 12.2 Å². The Labute approximate surface area is 116 Å². The zero-order valence-electron chi connectivity index (χ0n) is 10.3. The van der Waals surface area contributed by atoms with E-state index in [1.807, 2.05) is 48.5 Å². The Hall–Kier alpha value is -2.13. The van der Waals surface area contributed by atoms with E-state index in [-0.39, 0.29) is 0 Å². The SMILES string of the molecule is S=c1[nH]c(-c2ccccc2)c(Cc2ccccc2)o1. The third-order valence-electron chi connectivity index (χ3n) is 2.99. The summed E-state index contributed by atoms with van der Waals surface area (Å²) in [6.07, 6.45) is 0.734. The van der Waals surface area contributed by atoms with E-state index in [2.05, 4.69) is 17.1 Å². The molecular formula is C16H13NOS. The molecule has 0 unspecified atom stereocenters. The Balaban J connectivity index is 2.01. The first-order valence-corrected chi connectivity index (χ1v) is 6.55. The minimum absolute atomic E-state index is 0.421. The fourth-order valence-corrected chi connectivity index (χ4v) is 2.31. The fourth-order valence-electron chi connectivity index (χ4n) is 2.10. The molecule has 1 N–H and O–H groups in total. The summed E-state index contributed by atoms with van der Waals surface area (Å²) in [6, 6.07) is 20.3. The Morgan fingerprint density at radius 3 is 2.21 bits per heavy atom. The maximum atomic E-state index is 5.63. The van der Waals surface area contributed by atoms with Crippen LogP contribution in [0.25, 0.3) is 11.3 Å². The zero-order chi connectivity index (χ0) is 13.1. The van der Waals surface area contributed by atoms with E-state index < -0.39 is 0 Å². The van der Waals surface area contributed by atoms with Crippen LogP contribution in [-0.4, -0.2) is 4.98 Å². The standard InChI is InChI=1S/C16H13NOS/c19-16-17-15(13-9-5-2-6-10-13)14(18-16)11-12-7-3-1-4-8-12/h1-10H,11H2,(H,17,19).